The van der Waals surface area contributed by atoms with Crippen molar-refractivity contribution >= 4 is 0 Å². The molecule has 2 rings (SSSR count). The normalized spacial score (nSPS) is 11.7. The fourth-order valence-corrected chi connectivity index (χ4v) is 2.25. The van der Waals surface area contributed by atoms with E-state index in [1.165, 1.54) is 0 Å². The van der Waals surface area contributed by atoms with Gasteiger partial charge in [-0.3, -0.25) is 0 Å². The molecule has 1 nitrogen and oxygen atoms in total. The second-order valence-electron chi connectivity index (χ2n) is 6.21. The van der Waals surface area contributed by atoms with Crippen molar-refractivity contribution in [3.8, 4) is 11.5 Å². The molecule has 0 saturated carbocycles. The first-order valence-electron chi connectivity index (χ1n) is 7.57. The summed E-state index contributed by atoms with van der Waals surface area (Å²) in [6.45, 7) is 3.24. The van der Waals surface area contributed by atoms with Gasteiger partial charge in [-0.05, 0) is 49.1 Å². The quantitative estimate of drug-likeness (QED) is 0.601. The first-order chi connectivity index (χ1) is 10.5. The van der Waals surface area contributed by atoms with E-state index in [9.17, 15) is 8.78 Å². The van der Waals surface area contributed by atoms with Crippen molar-refractivity contribution in [1.82, 2.24) is 0 Å². The largest absolute Gasteiger partial charge is 0.457 e. The zero-order valence-corrected chi connectivity index (χ0v) is 13.1. The molecule has 118 valence electrons. The highest BCUT2D eigenvalue weighted by Gasteiger charge is 2.28. The molecule has 0 N–H and O–H groups in total. The lowest BCUT2D eigenvalue weighted by atomic mass is 9.87. The zero-order valence-electron chi connectivity index (χ0n) is 13.1. The van der Waals surface area contributed by atoms with Crippen LogP contribution in [0.3, 0.4) is 0 Å². The summed E-state index contributed by atoms with van der Waals surface area (Å²) < 4.78 is 31.4. The predicted octanol–water partition coefficient (Wildman–Crippen LogP) is 6.09. The van der Waals surface area contributed by atoms with Crippen LogP contribution in [0.5, 0.6) is 11.5 Å². The molecule has 22 heavy (non-hydrogen) atoms. The van der Waals surface area contributed by atoms with E-state index in [-0.39, 0.29) is 0 Å². The van der Waals surface area contributed by atoms with Crippen LogP contribution in [-0.4, -0.2) is 6.43 Å². The number of alkyl halides is 2. The summed E-state index contributed by atoms with van der Waals surface area (Å²) in [5.41, 5.74) is 0.191. The van der Waals surface area contributed by atoms with E-state index in [1.54, 1.807) is 13.8 Å². The third-order valence-corrected chi connectivity index (χ3v) is 3.75. The molecule has 0 bridgehead atoms. The maximum Gasteiger partial charge on any atom is 0.243 e. The van der Waals surface area contributed by atoms with Gasteiger partial charge in [-0.25, -0.2) is 8.78 Å². The number of para-hydroxylation sites is 1. The topological polar surface area (TPSA) is 9.23 Å². The van der Waals surface area contributed by atoms with Gasteiger partial charge in [0.1, 0.15) is 11.5 Å². The van der Waals surface area contributed by atoms with Crippen LogP contribution >= 0.6 is 0 Å². The van der Waals surface area contributed by atoms with Crippen molar-refractivity contribution in [2.75, 3.05) is 0 Å². The van der Waals surface area contributed by atoms with Gasteiger partial charge in [-0.1, -0.05) is 44.2 Å². The number of hydrogen-bond acceptors (Lipinski definition) is 1. The van der Waals surface area contributed by atoms with E-state index in [1.807, 2.05) is 54.6 Å². The van der Waals surface area contributed by atoms with Crippen molar-refractivity contribution in [2.45, 2.75) is 39.5 Å². The minimum atomic E-state index is -2.28. The van der Waals surface area contributed by atoms with Gasteiger partial charge in [0.05, 0.1) is 0 Å². The number of halogens is 2. The molecule has 0 aromatic heterocycles. The molecule has 2 aromatic carbocycles. The minimum absolute atomic E-state index is 0.508. The Balaban J connectivity index is 1.92. The van der Waals surface area contributed by atoms with E-state index in [0.29, 0.717) is 6.42 Å². The van der Waals surface area contributed by atoms with Crippen molar-refractivity contribution < 1.29 is 13.5 Å². The number of aryl methyl sites for hydroxylation is 1. The SMILES string of the molecule is CC(C)(CCCc1cccc(Oc2ccccc2)c1)C(F)F. The average Bonchev–Trinajstić information content (AvgIpc) is 2.48. The summed E-state index contributed by atoms with van der Waals surface area (Å²) in [6, 6.07) is 17.4. The predicted molar refractivity (Wildman–Crippen MR) is 85.7 cm³/mol. The Kier molecular flexibility index (Phi) is 5.53. The van der Waals surface area contributed by atoms with Gasteiger partial charge in [0.2, 0.25) is 6.43 Å². The van der Waals surface area contributed by atoms with E-state index in [2.05, 4.69) is 0 Å². The van der Waals surface area contributed by atoms with Gasteiger partial charge in [0.25, 0.3) is 0 Å². The van der Waals surface area contributed by atoms with Gasteiger partial charge in [-0.15, -0.1) is 0 Å². The highest BCUT2D eigenvalue weighted by atomic mass is 19.3. The number of ether oxygens (including phenoxy) is 1. The van der Waals surface area contributed by atoms with Gasteiger partial charge < -0.3 is 4.74 Å². The molecular formula is C19H22F2O. The van der Waals surface area contributed by atoms with Gasteiger partial charge >= 0.3 is 0 Å². The summed E-state index contributed by atoms with van der Waals surface area (Å²) in [7, 11) is 0. The van der Waals surface area contributed by atoms with Crippen molar-refractivity contribution in [3.05, 3.63) is 60.2 Å². The maximum absolute atomic E-state index is 12.8. The van der Waals surface area contributed by atoms with Crippen molar-refractivity contribution in [3.63, 3.8) is 0 Å². The lowest BCUT2D eigenvalue weighted by Crippen LogP contribution is -2.21. The summed E-state index contributed by atoms with van der Waals surface area (Å²) in [4.78, 5) is 0. The monoisotopic (exact) mass is 304 g/mol. The Morgan fingerprint density at radius 1 is 0.955 bits per heavy atom. The Hall–Kier alpha value is -1.90. The molecule has 0 heterocycles. The third-order valence-electron chi connectivity index (χ3n) is 3.75. The smallest absolute Gasteiger partial charge is 0.243 e. The molecule has 0 aliphatic carbocycles. The number of benzene rings is 2. The van der Waals surface area contributed by atoms with Crippen LogP contribution in [0.4, 0.5) is 8.78 Å². The lowest BCUT2D eigenvalue weighted by molar-refractivity contribution is 0.0129. The fraction of sp³-hybridized carbons (Fsp3) is 0.368. The highest BCUT2D eigenvalue weighted by molar-refractivity contribution is 5.33. The third kappa shape index (κ3) is 4.83. The number of rotatable bonds is 7. The Labute approximate surface area is 130 Å². The summed E-state index contributed by atoms with van der Waals surface area (Å²) >= 11 is 0. The average molecular weight is 304 g/mol. The van der Waals surface area contributed by atoms with Gasteiger partial charge in [-0.2, -0.15) is 0 Å². The Morgan fingerprint density at radius 2 is 1.64 bits per heavy atom. The molecule has 0 atom stereocenters. The molecule has 0 spiro atoms. The van der Waals surface area contributed by atoms with Crippen LogP contribution in [0.2, 0.25) is 0 Å². The van der Waals surface area contributed by atoms with E-state index < -0.39 is 11.8 Å². The van der Waals surface area contributed by atoms with Gasteiger partial charge in [0.15, 0.2) is 0 Å². The van der Waals surface area contributed by atoms with E-state index in [0.717, 1.165) is 29.9 Å². The standard InChI is InChI=1S/C19H22F2O/c1-19(2,18(20)21)13-7-9-15-8-6-12-17(14-15)22-16-10-4-3-5-11-16/h3-6,8,10-12,14,18H,7,9,13H2,1-2H3. The van der Waals surface area contributed by atoms with Crippen LogP contribution in [0.25, 0.3) is 0 Å². The number of hydrogen-bond donors (Lipinski definition) is 0. The lowest BCUT2D eigenvalue weighted by Gasteiger charge is -2.23. The summed E-state index contributed by atoms with van der Waals surface area (Å²) in [6.07, 6.45) is -0.247. The molecule has 0 fully saturated rings. The molecule has 0 saturated heterocycles. The molecule has 0 unspecified atom stereocenters. The second kappa shape index (κ2) is 7.39. The van der Waals surface area contributed by atoms with Gasteiger partial charge in [0, 0.05) is 5.41 Å². The van der Waals surface area contributed by atoms with Crippen LogP contribution in [0, 0.1) is 5.41 Å². The molecule has 0 radical (unpaired) electrons. The highest BCUT2D eigenvalue weighted by Crippen LogP contribution is 2.31. The molecule has 0 amide bonds. The van der Waals surface area contributed by atoms with Crippen LogP contribution in [-0.2, 0) is 6.42 Å². The maximum atomic E-state index is 12.8. The first kappa shape index (κ1) is 16.5. The second-order valence-corrected chi connectivity index (χ2v) is 6.21. The van der Waals surface area contributed by atoms with Crippen LogP contribution in [0.1, 0.15) is 32.3 Å². The summed E-state index contributed by atoms with van der Waals surface area (Å²) in [5.74, 6) is 1.57. The molecule has 0 aliphatic rings. The fourth-order valence-electron chi connectivity index (χ4n) is 2.25. The van der Waals surface area contributed by atoms with E-state index >= 15 is 0 Å². The Morgan fingerprint density at radius 3 is 2.32 bits per heavy atom. The minimum Gasteiger partial charge on any atom is -0.457 e. The molecular weight excluding hydrogens is 282 g/mol. The van der Waals surface area contributed by atoms with Crippen molar-refractivity contribution in [1.29, 1.82) is 0 Å². The Bertz CT molecular complexity index is 579. The first-order valence-corrected chi connectivity index (χ1v) is 7.57. The molecule has 0 aliphatic heterocycles. The molecule has 3 heteroatoms. The van der Waals surface area contributed by atoms with Crippen LogP contribution < -0.4 is 4.74 Å². The van der Waals surface area contributed by atoms with E-state index in [4.69, 9.17) is 4.74 Å². The van der Waals surface area contributed by atoms with Crippen molar-refractivity contribution in [2.24, 2.45) is 5.41 Å². The van der Waals surface area contributed by atoms with Crippen LogP contribution in [0.15, 0.2) is 54.6 Å². The molecule has 2 aromatic rings. The summed E-state index contributed by atoms with van der Waals surface area (Å²) in [5, 5.41) is 0. The zero-order chi connectivity index (χ0) is 16.0.